The van der Waals surface area contributed by atoms with E-state index in [0.717, 1.165) is 0 Å². The standard InChI is InChI=1S/C17H22ClN3O4/c1-17(2,3)25-14(22)8-6-12(15(19)23)21(4)9-11-10(16(21)24)5-7-13(18)20-11/h5,7,12H,6,8-9H2,1-4H3,(H-,19,23)/p+1. The summed E-state index contributed by atoms with van der Waals surface area (Å²) in [6, 6.07) is 2.28. The van der Waals surface area contributed by atoms with Crippen molar-refractivity contribution in [2.24, 2.45) is 5.73 Å². The zero-order valence-electron chi connectivity index (χ0n) is 14.8. The second kappa shape index (κ2) is 6.72. The summed E-state index contributed by atoms with van der Waals surface area (Å²) in [5.41, 5.74) is 5.88. The zero-order valence-corrected chi connectivity index (χ0v) is 15.6. The van der Waals surface area contributed by atoms with Crippen LogP contribution in [0.25, 0.3) is 0 Å². The van der Waals surface area contributed by atoms with Gasteiger partial charge in [-0.2, -0.15) is 0 Å². The largest absolute Gasteiger partial charge is 0.460 e. The Morgan fingerprint density at radius 1 is 1.40 bits per heavy atom. The number of halogens is 1. The van der Waals surface area contributed by atoms with Crippen LogP contribution in [0.2, 0.25) is 5.15 Å². The van der Waals surface area contributed by atoms with Gasteiger partial charge in [0.05, 0.1) is 13.5 Å². The van der Waals surface area contributed by atoms with Gasteiger partial charge in [-0.1, -0.05) is 11.6 Å². The van der Waals surface area contributed by atoms with Crippen LogP contribution in [0.15, 0.2) is 12.1 Å². The lowest BCUT2D eigenvalue weighted by molar-refractivity contribution is -0.855. The normalized spacial score (nSPS) is 20.9. The highest BCUT2D eigenvalue weighted by Crippen LogP contribution is 2.32. The number of quaternary nitrogens is 1. The molecule has 0 saturated carbocycles. The highest BCUT2D eigenvalue weighted by atomic mass is 35.5. The minimum Gasteiger partial charge on any atom is -0.460 e. The first-order valence-electron chi connectivity index (χ1n) is 8.01. The number of esters is 1. The number of hydrogen-bond acceptors (Lipinski definition) is 5. The van der Waals surface area contributed by atoms with Gasteiger partial charge in [0, 0.05) is 6.42 Å². The van der Waals surface area contributed by atoms with Gasteiger partial charge in [0.1, 0.15) is 28.6 Å². The number of hydrogen-bond donors (Lipinski definition) is 1. The van der Waals surface area contributed by atoms with Crippen molar-refractivity contribution >= 4 is 29.4 Å². The number of carbonyl (C=O) groups excluding carboxylic acids is 3. The fourth-order valence-corrected chi connectivity index (χ4v) is 3.22. The maximum Gasteiger partial charge on any atom is 0.348 e. The van der Waals surface area contributed by atoms with Crippen LogP contribution < -0.4 is 5.73 Å². The van der Waals surface area contributed by atoms with E-state index in [1.807, 2.05) is 0 Å². The van der Waals surface area contributed by atoms with Crippen molar-refractivity contribution in [2.45, 2.75) is 51.8 Å². The number of carbonyl (C=O) groups is 3. The molecule has 1 aliphatic rings. The Morgan fingerprint density at radius 3 is 2.60 bits per heavy atom. The van der Waals surface area contributed by atoms with Gasteiger partial charge in [-0.25, -0.2) is 14.3 Å². The molecule has 1 aromatic heterocycles. The molecule has 1 aromatic rings. The van der Waals surface area contributed by atoms with Crippen LogP contribution in [-0.4, -0.2) is 45.9 Å². The van der Waals surface area contributed by atoms with Crippen molar-refractivity contribution in [2.75, 3.05) is 7.05 Å². The molecule has 0 fully saturated rings. The topological polar surface area (TPSA) is 99.3 Å². The summed E-state index contributed by atoms with van der Waals surface area (Å²) in [7, 11) is 1.63. The number of aromatic nitrogens is 1. The van der Waals surface area contributed by atoms with Gasteiger partial charge in [-0.15, -0.1) is 0 Å². The van der Waals surface area contributed by atoms with E-state index in [1.54, 1.807) is 33.9 Å². The summed E-state index contributed by atoms with van der Waals surface area (Å²) in [5, 5.41) is 0.282. The summed E-state index contributed by atoms with van der Waals surface area (Å²) in [4.78, 5) is 40.9. The molecule has 2 rings (SSSR count). The Hall–Kier alpha value is -1.99. The third-order valence-electron chi connectivity index (χ3n) is 4.17. The molecule has 2 amide bonds. The molecule has 0 aromatic carbocycles. The van der Waals surface area contributed by atoms with E-state index in [1.165, 1.54) is 6.07 Å². The highest BCUT2D eigenvalue weighted by Gasteiger charge is 2.50. The molecule has 0 aliphatic carbocycles. The van der Waals surface area contributed by atoms with Gasteiger partial charge in [0.25, 0.3) is 5.91 Å². The molecule has 7 nitrogen and oxygen atoms in total. The van der Waals surface area contributed by atoms with Crippen molar-refractivity contribution in [1.29, 1.82) is 0 Å². The van der Waals surface area contributed by atoms with E-state index in [9.17, 15) is 14.4 Å². The molecule has 25 heavy (non-hydrogen) atoms. The number of likely N-dealkylation sites (N-methyl/N-ethyl adjacent to an activating group) is 1. The third kappa shape index (κ3) is 4.16. The number of primary amides is 1. The first kappa shape index (κ1) is 19.3. The Bertz CT molecular complexity index is 729. The minimum atomic E-state index is -0.854. The fraction of sp³-hybridized carbons (Fsp3) is 0.529. The first-order valence-corrected chi connectivity index (χ1v) is 8.38. The summed E-state index contributed by atoms with van der Waals surface area (Å²) in [6.07, 6.45) is 0.116. The Balaban J connectivity index is 2.19. The molecule has 136 valence electrons. The van der Waals surface area contributed by atoms with E-state index < -0.39 is 23.5 Å². The fourth-order valence-electron chi connectivity index (χ4n) is 3.05. The smallest absolute Gasteiger partial charge is 0.348 e. The number of ether oxygens (including phenoxy) is 1. The molecule has 8 heteroatoms. The van der Waals surface area contributed by atoms with Crippen LogP contribution in [0.4, 0.5) is 0 Å². The Morgan fingerprint density at radius 2 is 2.04 bits per heavy atom. The number of nitrogens with zero attached hydrogens (tertiary/aromatic N) is 2. The van der Waals surface area contributed by atoms with Crippen LogP contribution in [0.3, 0.4) is 0 Å². The summed E-state index contributed by atoms with van der Waals surface area (Å²) in [5.74, 6) is -1.33. The first-order chi connectivity index (χ1) is 11.4. The predicted molar refractivity (Wildman–Crippen MR) is 91.5 cm³/mol. The molecule has 0 radical (unpaired) electrons. The number of pyridine rings is 1. The summed E-state index contributed by atoms with van der Waals surface area (Å²) in [6.45, 7) is 5.50. The van der Waals surface area contributed by atoms with Crippen LogP contribution in [-0.2, 0) is 20.9 Å². The van der Waals surface area contributed by atoms with Gasteiger partial charge < -0.3 is 10.5 Å². The van der Waals surface area contributed by atoms with Crippen molar-refractivity contribution in [3.63, 3.8) is 0 Å². The Kier molecular flexibility index (Phi) is 5.20. The Labute approximate surface area is 151 Å². The average Bonchev–Trinajstić information content (AvgIpc) is 2.68. The van der Waals surface area contributed by atoms with Crippen molar-refractivity contribution in [1.82, 2.24) is 4.98 Å². The second-order valence-corrected chi connectivity index (χ2v) is 7.79. The summed E-state index contributed by atoms with van der Waals surface area (Å²) < 4.78 is 5.01. The number of rotatable bonds is 5. The average molecular weight is 369 g/mol. The molecule has 2 heterocycles. The van der Waals surface area contributed by atoms with Gasteiger partial charge in [-0.05, 0) is 32.9 Å². The maximum atomic E-state index is 12.8. The quantitative estimate of drug-likeness (QED) is 0.485. The van der Waals surface area contributed by atoms with Gasteiger partial charge >= 0.3 is 11.9 Å². The van der Waals surface area contributed by atoms with E-state index in [0.29, 0.717) is 11.3 Å². The van der Waals surface area contributed by atoms with Crippen LogP contribution in [0, 0.1) is 0 Å². The van der Waals surface area contributed by atoms with Crippen LogP contribution in [0.1, 0.15) is 49.7 Å². The second-order valence-electron chi connectivity index (χ2n) is 7.40. The molecule has 1 aliphatic heterocycles. The van der Waals surface area contributed by atoms with E-state index in [4.69, 9.17) is 22.1 Å². The predicted octanol–water partition coefficient (Wildman–Crippen LogP) is 1.81. The van der Waals surface area contributed by atoms with E-state index >= 15 is 0 Å². The lowest BCUT2D eigenvalue weighted by atomic mass is 10.1. The van der Waals surface area contributed by atoms with E-state index in [-0.39, 0.29) is 34.9 Å². The highest BCUT2D eigenvalue weighted by molar-refractivity contribution is 6.29. The molecular formula is C17H23ClN3O4+. The third-order valence-corrected chi connectivity index (χ3v) is 4.38. The SMILES string of the molecule is CC(C)(C)OC(=O)CCC(C(N)=O)[N+]1(C)Cc2nc(Cl)ccc2C1=O. The van der Waals surface area contributed by atoms with Crippen molar-refractivity contribution in [3.8, 4) is 0 Å². The van der Waals surface area contributed by atoms with Crippen molar-refractivity contribution < 1.29 is 23.6 Å². The van der Waals surface area contributed by atoms with Crippen molar-refractivity contribution in [3.05, 3.63) is 28.5 Å². The number of amides is 2. The molecular weight excluding hydrogens is 346 g/mol. The van der Waals surface area contributed by atoms with Gasteiger partial charge in [0.2, 0.25) is 0 Å². The number of nitrogens with two attached hydrogens (primary N) is 1. The molecule has 2 atom stereocenters. The lowest BCUT2D eigenvalue weighted by Gasteiger charge is -2.33. The van der Waals surface area contributed by atoms with Gasteiger partial charge in [-0.3, -0.25) is 9.59 Å². The maximum absolute atomic E-state index is 12.8. The number of fused-ring (bicyclic) bond motifs is 1. The zero-order chi connectivity index (χ0) is 19.0. The molecule has 2 N–H and O–H groups in total. The molecule has 0 saturated heterocycles. The molecule has 0 bridgehead atoms. The lowest BCUT2D eigenvalue weighted by Crippen LogP contribution is -2.58. The summed E-state index contributed by atoms with van der Waals surface area (Å²) >= 11 is 5.89. The van der Waals surface area contributed by atoms with Crippen LogP contribution >= 0.6 is 11.6 Å². The van der Waals surface area contributed by atoms with E-state index in [2.05, 4.69) is 4.98 Å². The molecule has 2 unspecified atom stereocenters. The molecule has 0 spiro atoms. The monoisotopic (exact) mass is 368 g/mol. The van der Waals surface area contributed by atoms with Gasteiger partial charge in [0.15, 0.2) is 6.04 Å². The minimum absolute atomic E-state index is 0.00345. The van der Waals surface area contributed by atoms with Crippen LogP contribution in [0.5, 0.6) is 0 Å².